The summed E-state index contributed by atoms with van der Waals surface area (Å²) in [7, 11) is 0. The van der Waals surface area contributed by atoms with Crippen LogP contribution in [0.3, 0.4) is 0 Å². The van der Waals surface area contributed by atoms with E-state index in [0.717, 1.165) is 0 Å². The molecular formula is C14H16FN3O2. The Morgan fingerprint density at radius 3 is 3.15 bits per heavy atom. The number of nitrogens with one attached hydrogen (secondary N) is 1. The van der Waals surface area contributed by atoms with Crippen molar-refractivity contribution in [1.29, 1.82) is 0 Å². The molecule has 2 heterocycles. The number of fused-ring (bicyclic) bond motifs is 1. The SMILES string of the molecule is Nc1cc(F)c(NCC2(O)CCOC2)c2ncccc12. The summed E-state index contributed by atoms with van der Waals surface area (Å²) in [6.45, 7) is 0.975. The first-order valence-corrected chi connectivity index (χ1v) is 6.46. The minimum atomic E-state index is -0.963. The molecule has 106 valence electrons. The van der Waals surface area contributed by atoms with Crippen LogP contribution in [0.4, 0.5) is 15.8 Å². The predicted octanol–water partition coefficient (Wildman–Crippen LogP) is 1.52. The highest BCUT2D eigenvalue weighted by Crippen LogP contribution is 2.30. The minimum Gasteiger partial charge on any atom is -0.398 e. The summed E-state index contributed by atoms with van der Waals surface area (Å²) >= 11 is 0. The van der Waals surface area contributed by atoms with Crippen molar-refractivity contribution in [2.24, 2.45) is 0 Å². The maximum Gasteiger partial charge on any atom is 0.150 e. The maximum atomic E-state index is 14.1. The Hall–Kier alpha value is -1.92. The summed E-state index contributed by atoms with van der Waals surface area (Å²) in [6, 6.07) is 4.80. The van der Waals surface area contributed by atoms with E-state index in [-0.39, 0.29) is 18.8 Å². The number of nitrogen functional groups attached to an aromatic ring is 1. The minimum absolute atomic E-state index is 0.208. The van der Waals surface area contributed by atoms with Gasteiger partial charge in [0.25, 0.3) is 0 Å². The molecule has 2 aromatic rings. The van der Waals surface area contributed by atoms with Gasteiger partial charge in [-0.05, 0) is 18.2 Å². The van der Waals surface area contributed by atoms with E-state index < -0.39 is 11.4 Å². The van der Waals surface area contributed by atoms with Gasteiger partial charge in [-0.25, -0.2) is 4.39 Å². The average molecular weight is 277 g/mol. The van der Waals surface area contributed by atoms with Gasteiger partial charge in [0.2, 0.25) is 0 Å². The van der Waals surface area contributed by atoms with Gasteiger partial charge in [-0.3, -0.25) is 4.98 Å². The van der Waals surface area contributed by atoms with E-state index in [2.05, 4.69) is 10.3 Å². The highest BCUT2D eigenvalue weighted by Gasteiger charge is 2.32. The van der Waals surface area contributed by atoms with Crippen molar-refractivity contribution in [2.45, 2.75) is 12.0 Å². The van der Waals surface area contributed by atoms with Gasteiger partial charge in [0, 0.05) is 36.8 Å². The lowest BCUT2D eigenvalue weighted by Gasteiger charge is -2.22. The second-order valence-electron chi connectivity index (χ2n) is 5.10. The largest absolute Gasteiger partial charge is 0.398 e. The molecule has 0 spiro atoms. The second-order valence-corrected chi connectivity index (χ2v) is 5.10. The molecule has 5 nitrogen and oxygen atoms in total. The number of halogens is 1. The third-order valence-electron chi connectivity index (χ3n) is 3.55. The van der Waals surface area contributed by atoms with Gasteiger partial charge in [-0.1, -0.05) is 0 Å². The Balaban J connectivity index is 1.94. The molecule has 0 radical (unpaired) electrons. The zero-order valence-electron chi connectivity index (χ0n) is 10.9. The molecule has 3 rings (SSSR count). The number of benzene rings is 1. The summed E-state index contributed by atoms with van der Waals surface area (Å²) in [6.07, 6.45) is 2.11. The molecule has 1 fully saturated rings. The zero-order valence-corrected chi connectivity index (χ0v) is 10.9. The van der Waals surface area contributed by atoms with Crippen molar-refractivity contribution < 1.29 is 14.2 Å². The molecule has 1 saturated heterocycles. The standard InChI is InChI=1S/C14H16FN3O2/c15-10-6-11(16)9-2-1-4-17-12(9)13(10)18-7-14(19)3-5-20-8-14/h1-2,4,6,18-19H,3,5,7-8,16H2. The van der Waals surface area contributed by atoms with Gasteiger partial charge in [0.05, 0.1) is 17.8 Å². The number of nitrogens with zero attached hydrogens (tertiary/aromatic N) is 1. The molecule has 1 aliphatic rings. The van der Waals surface area contributed by atoms with E-state index in [4.69, 9.17) is 10.5 Å². The van der Waals surface area contributed by atoms with Gasteiger partial charge < -0.3 is 20.9 Å². The molecule has 1 aliphatic heterocycles. The fourth-order valence-electron chi connectivity index (χ4n) is 2.39. The average Bonchev–Trinajstić information content (AvgIpc) is 2.86. The van der Waals surface area contributed by atoms with E-state index in [1.165, 1.54) is 6.07 Å². The Morgan fingerprint density at radius 1 is 1.55 bits per heavy atom. The summed E-state index contributed by atoms with van der Waals surface area (Å²) < 4.78 is 19.2. The van der Waals surface area contributed by atoms with Crippen LogP contribution in [0.2, 0.25) is 0 Å². The Kier molecular flexibility index (Phi) is 3.19. The molecule has 20 heavy (non-hydrogen) atoms. The normalized spacial score (nSPS) is 22.3. The molecule has 1 aromatic carbocycles. The van der Waals surface area contributed by atoms with Crippen molar-refractivity contribution >= 4 is 22.3 Å². The Labute approximate surface area is 115 Å². The molecule has 0 bridgehead atoms. The lowest BCUT2D eigenvalue weighted by Crippen LogP contribution is -2.37. The van der Waals surface area contributed by atoms with Crippen molar-refractivity contribution in [1.82, 2.24) is 4.98 Å². The first kappa shape index (κ1) is 13.1. The molecule has 4 N–H and O–H groups in total. The number of hydrogen-bond donors (Lipinski definition) is 3. The third kappa shape index (κ3) is 2.28. The topological polar surface area (TPSA) is 80.4 Å². The number of aromatic nitrogens is 1. The Bertz CT molecular complexity index is 642. The molecule has 1 unspecified atom stereocenters. The van der Waals surface area contributed by atoms with Gasteiger partial charge >= 0.3 is 0 Å². The lowest BCUT2D eigenvalue weighted by molar-refractivity contribution is 0.0382. The van der Waals surface area contributed by atoms with Crippen LogP contribution in [0, 0.1) is 5.82 Å². The van der Waals surface area contributed by atoms with Crippen molar-refractivity contribution in [2.75, 3.05) is 30.8 Å². The summed E-state index contributed by atoms with van der Waals surface area (Å²) in [5, 5.41) is 13.8. The summed E-state index contributed by atoms with van der Waals surface area (Å²) in [4.78, 5) is 4.18. The second kappa shape index (κ2) is 4.88. The zero-order chi connectivity index (χ0) is 14.2. The number of nitrogens with two attached hydrogens (primary N) is 1. The number of hydrogen-bond acceptors (Lipinski definition) is 5. The monoisotopic (exact) mass is 277 g/mol. The van der Waals surface area contributed by atoms with Crippen molar-refractivity contribution in [3.8, 4) is 0 Å². The van der Waals surface area contributed by atoms with Crippen LogP contribution in [0.5, 0.6) is 0 Å². The molecule has 0 amide bonds. The first-order chi connectivity index (χ1) is 9.59. The van der Waals surface area contributed by atoms with Gasteiger partial charge in [-0.2, -0.15) is 0 Å². The summed E-state index contributed by atoms with van der Waals surface area (Å²) in [5.41, 5.74) is 5.90. The number of rotatable bonds is 3. The van der Waals surface area contributed by atoms with Gasteiger partial charge in [0.1, 0.15) is 5.60 Å². The number of pyridine rings is 1. The quantitative estimate of drug-likeness (QED) is 0.741. The van der Waals surface area contributed by atoms with Crippen LogP contribution in [0.15, 0.2) is 24.4 Å². The Morgan fingerprint density at radius 2 is 2.40 bits per heavy atom. The highest BCUT2D eigenvalue weighted by atomic mass is 19.1. The fraction of sp³-hybridized carbons (Fsp3) is 0.357. The van der Waals surface area contributed by atoms with E-state index in [0.29, 0.717) is 29.6 Å². The molecule has 0 saturated carbocycles. The predicted molar refractivity (Wildman–Crippen MR) is 75.0 cm³/mol. The molecule has 1 atom stereocenters. The first-order valence-electron chi connectivity index (χ1n) is 6.46. The molecule has 1 aromatic heterocycles. The molecular weight excluding hydrogens is 261 g/mol. The van der Waals surface area contributed by atoms with Crippen LogP contribution in [0.25, 0.3) is 10.9 Å². The van der Waals surface area contributed by atoms with Gasteiger partial charge in [0.15, 0.2) is 5.82 Å². The number of anilines is 2. The molecule has 0 aliphatic carbocycles. The van der Waals surface area contributed by atoms with Crippen molar-refractivity contribution in [3.05, 3.63) is 30.2 Å². The highest BCUT2D eigenvalue weighted by molar-refractivity contribution is 5.98. The van der Waals surface area contributed by atoms with Crippen LogP contribution in [-0.2, 0) is 4.74 Å². The van der Waals surface area contributed by atoms with Crippen LogP contribution in [-0.4, -0.2) is 35.5 Å². The maximum absolute atomic E-state index is 14.1. The van der Waals surface area contributed by atoms with E-state index in [9.17, 15) is 9.50 Å². The molecule has 6 heteroatoms. The van der Waals surface area contributed by atoms with Crippen molar-refractivity contribution in [3.63, 3.8) is 0 Å². The van der Waals surface area contributed by atoms with E-state index in [1.807, 2.05) is 0 Å². The lowest BCUT2D eigenvalue weighted by atomic mass is 10.0. The number of ether oxygens (including phenoxy) is 1. The van der Waals surface area contributed by atoms with E-state index in [1.54, 1.807) is 18.3 Å². The van der Waals surface area contributed by atoms with Crippen LogP contribution < -0.4 is 11.1 Å². The van der Waals surface area contributed by atoms with E-state index >= 15 is 0 Å². The van der Waals surface area contributed by atoms with Crippen LogP contribution in [0.1, 0.15) is 6.42 Å². The summed E-state index contributed by atoms with van der Waals surface area (Å²) in [5.74, 6) is -0.476. The fourth-order valence-corrected chi connectivity index (χ4v) is 2.39. The smallest absolute Gasteiger partial charge is 0.150 e. The third-order valence-corrected chi connectivity index (χ3v) is 3.55. The van der Waals surface area contributed by atoms with Crippen LogP contribution >= 0.6 is 0 Å². The van der Waals surface area contributed by atoms with Gasteiger partial charge in [-0.15, -0.1) is 0 Å². The number of aliphatic hydroxyl groups is 1.